The molecule has 2 heterocycles. The van der Waals surface area contributed by atoms with Gasteiger partial charge in [-0.1, -0.05) is 48.5 Å². The van der Waals surface area contributed by atoms with Gasteiger partial charge < -0.3 is 5.11 Å². The van der Waals surface area contributed by atoms with E-state index in [0.29, 0.717) is 5.56 Å². The number of fused-ring (bicyclic) bond motifs is 1. The van der Waals surface area contributed by atoms with E-state index in [1.54, 1.807) is 19.3 Å². The first kappa shape index (κ1) is 19.0. The van der Waals surface area contributed by atoms with Crippen LogP contribution in [-0.2, 0) is 6.42 Å². The van der Waals surface area contributed by atoms with E-state index in [1.165, 1.54) is 5.56 Å². The lowest BCUT2D eigenvalue weighted by atomic mass is 9.99. The van der Waals surface area contributed by atoms with Crippen molar-refractivity contribution in [2.75, 3.05) is 6.61 Å². The molecule has 1 N–H and O–H groups in total. The highest BCUT2D eigenvalue weighted by atomic mass is 16.2. The molecule has 4 rings (SSSR count). The molecule has 0 radical (unpaired) electrons. The van der Waals surface area contributed by atoms with Crippen LogP contribution in [0.25, 0.3) is 33.3 Å². The van der Waals surface area contributed by atoms with E-state index < -0.39 is 0 Å². The molecule has 29 heavy (non-hydrogen) atoms. The van der Waals surface area contributed by atoms with Gasteiger partial charge in [-0.3, -0.25) is 9.78 Å². The van der Waals surface area contributed by atoms with E-state index in [4.69, 9.17) is 10.1 Å². The van der Waals surface area contributed by atoms with Crippen molar-refractivity contribution in [1.82, 2.24) is 9.97 Å². The Labute approximate surface area is 169 Å². The van der Waals surface area contributed by atoms with E-state index in [2.05, 4.69) is 41.4 Å². The van der Waals surface area contributed by atoms with Crippen molar-refractivity contribution >= 4 is 16.7 Å². The zero-order valence-corrected chi connectivity index (χ0v) is 16.3. The summed E-state index contributed by atoms with van der Waals surface area (Å²) < 4.78 is 0. The molecular formula is C25H22N2O2. The highest BCUT2D eigenvalue weighted by Crippen LogP contribution is 2.27. The Hall–Kier alpha value is -3.37. The highest BCUT2D eigenvalue weighted by Gasteiger charge is 2.11. The van der Waals surface area contributed by atoms with E-state index in [9.17, 15) is 4.79 Å². The van der Waals surface area contributed by atoms with E-state index in [0.717, 1.165) is 46.1 Å². The first-order valence-corrected chi connectivity index (χ1v) is 9.72. The third-order valence-corrected chi connectivity index (χ3v) is 5.08. The van der Waals surface area contributed by atoms with Crippen molar-refractivity contribution in [2.45, 2.75) is 19.8 Å². The van der Waals surface area contributed by atoms with Crippen LogP contribution in [0.1, 0.15) is 29.3 Å². The summed E-state index contributed by atoms with van der Waals surface area (Å²) in [5, 5.41) is 9.74. The average molecular weight is 382 g/mol. The van der Waals surface area contributed by atoms with Crippen molar-refractivity contribution in [3.8, 4) is 22.4 Å². The maximum Gasteiger partial charge on any atom is 0.160 e. The Bertz CT molecular complexity index is 1150. The third-order valence-electron chi connectivity index (χ3n) is 5.08. The van der Waals surface area contributed by atoms with Gasteiger partial charge in [0, 0.05) is 35.5 Å². The Morgan fingerprint density at radius 1 is 0.931 bits per heavy atom. The molecule has 0 atom stereocenters. The summed E-state index contributed by atoms with van der Waals surface area (Å²) in [5.41, 5.74) is 6.65. The van der Waals surface area contributed by atoms with Gasteiger partial charge in [-0.2, -0.15) is 0 Å². The van der Waals surface area contributed by atoms with Gasteiger partial charge in [0.05, 0.1) is 11.2 Å². The normalized spacial score (nSPS) is 11.0. The summed E-state index contributed by atoms with van der Waals surface area (Å²) in [4.78, 5) is 20.9. The molecule has 0 fully saturated rings. The lowest BCUT2D eigenvalue weighted by Gasteiger charge is -2.09. The summed E-state index contributed by atoms with van der Waals surface area (Å²) >= 11 is 0. The number of rotatable bonds is 6. The number of pyridine rings is 2. The van der Waals surface area contributed by atoms with E-state index >= 15 is 0 Å². The van der Waals surface area contributed by atoms with Crippen molar-refractivity contribution in [3.05, 3.63) is 84.2 Å². The molecule has 2 aromatic carbocycles. The predicted molar refractivity (Wildman–Crippen MR) is 116 cm³/mol. The van der Waals surface area contributed by atoms with Gasteiger partial charge in [0.25, 0.3) is 0 Å². The number of hydrogen-bond acceptors (Lipinski definition) is 4. The molecule has 0 bridgehead atoms. The molecule has 4 nitrogen and oxygen atoms in total. The molecule has 0 spiro atoms. The van der Waals surface area contributed by atoms with Gasteiger partial charge in [-0.15, -0.1) is 0 Å². The minimum Gasteiger partial charge on any atom is -0.396 e. The number of hydrogen-bond donors (Lipinski definition) is 1. The quantitative estimate of drug-likeness (QED) is 0.472. The van der Waals surface area contributed by atoms with Crippen LogP contribution in [0, 0.1) is 0 Å². The second-order valence-electron chi connectivity index (χ2n) is 7.11. The Balaban J connectivity index is 1.65. The lowest BCUT2D eigenvalue weighted by molar-refractivity contribution is 0.101. The smallest absolute Gasteiger partial charge is 0.160 e. The first-order chi connectivity index (χ1) is 14.2. The molecule has 4 heteroatoms. The zero-order chi connectivity index (χ0) is 20.2. The monoisotopic (exact) mass is 382 g/mol. The average Bonchev–Trinajstić information content (AvgIpc) is 2.77. The second kappa shape index (κ2) is 8.33. The van der Waals surface area contributed by atoms with Gasteiger partial charge in [0.2, 0.25) is 0 Å². The van der Waals surface area contributed by atoms with Crippen LogP contribution in [0.3, 0.4) is 0 Å². The lowest BCUT2D eigenvalue weighted by Crippen LogP contribution is -1.98. The molecule has 0 saturated heterocycles. The van der Waals surface area contributed by atoms with E-state index in [-0.39, 0.29) is 12.4 Å². The molecule has 0 unspecified atom stereocenters. The number of Topliss-reactive ketones (excluding diaryl/α,β-unsaturated/α-hetero) is 1. The van der Waals surface area contributed by atoms with Crippen LogP contribution < -0.4 is 0 Å². The van der Waals surface area contributed by atoms with Crippen LogP contribution >= 0.6 is 0 Å². The van der Waals surface area contributed by atoms with Gasteiger partial charge >= 0.3 is 0 Å². The maximum absolute atomic E-state index is 12.1. The Morgan fingerprint density at radius 3 is 2.24 bits per heavy atom. The number of aliphatic hydroxyl groups is 1. The van der Waals surface area contributed by atoms with Crippen LogP contribution in [0.5, 0.6) is 0 Å². The summed E-state index contributed by atoms with van der Waals surface area (Å²) in [5.74, 6) is 0.00422. The Kier molecular flexibility index (Phi) is 5.45. The Morgan fingerprint density at radius 2 is 1.59 bits per heavy atom. The first-order valence-electron chi connectivity index (χ1n) is 9.72. The molecule has 0 saturated carbocycles. The van der Waals surface area contributed by atoms with Crippen molar-refractivity contribution in [2.24, 2.45) is 0 Å². The molecule has 0 aliphatic carbocycles. The number of aryl methyl sites for hydroxylation is 1. The minimum atomic E-state index is 0.00422. The summed E-state index contributed by atoms with van der Waals surface area (Å²) in [6.07, 6.45) is 5.05. The number of carbonyl (C=O) groups excluding carboxylic acids is 1. The molecule has 144 valence electrons. The second-order valence-corrected chi connectivity index (χ2v) is 7.11. The fourth-order valence-corrected chi connectivity index (χ4v) is 3.49. The van der Waals surface area contributed by atoms with Gasteiger partial charge in [0.15, 0.2) is 5.78 Å². The van der Waals surface area contributed by atoms with Gasteiger partial charge in [0.1, 0.15) is 0 Å². The number of benzene rings is 2. The maximum atomic E-state index is 12.1. The van der Waals surface area contributed by atoms with Gasteiger partial charge in [-0.05, 0) is 48.6 Å². The van der Waals surface area contributed by atoms with Crippen molar-refractivity contribution in [3.63, 3.8) is 0 Å². The predicted octanol–water partition coefficient (Wildman–Crippen LogP) is 5.09. The number of aromatic nitrogens is 2. The molecule has 2 aromatic heterocycles. The number of nitrogens with zero attached hydrogens (tertiary/aromatic N) is 2. The van der Waals surface area contributed by atoms with Gasteiger partial charge in [-0.25, -0.2) is 4.98 Å². The highest BCUT2D eigenvalue weighted by molar-refractivity contribution is 6.06. The SMILES string of the molecule is CC(=O)c1cc(-c2ccc(-c3ccc(CCCO)cc3)cc2)nc2ccncc12. The number of carbonyl (C=O) groups is 1. The fraction of sp³-hybridized carbons (Fsp3) is 0.160. The van der Waals surface area contributed by atoms with E-state index in [1.807, 2.05) is 24.3 Å². The van der Waals surface area contributed by atoms with Crippen LogP contribution in [0.2, 0.25) is 0 Å². The summed E-state index contributed by atoms with van der Waals surface area (Å²) in [6, 6.07) is 20.3. The molecular weight excluding hydrogens is 360 g/mol. The largest absolute Gasteiger partial charge is 0.396 e. The molecule has 0 aliphatic heterocycles. The van der Waals surface area contributed by atoms with Crippen molar-refractivity contribution < 1.29 is 9.90 Å². The zero-order valence-electron chi connectivity index (χ0n) is 16.3. The topological polar surface area (TPSA) is 63.1 Å². The summed E-state index contributed by atoms with van der Waals surface area (Å²) in [6.45, 7) is 1.78. The third kappa shape index (κ3) is 4.08. The molecule has 0 amide bonds. The van der Waals surface area contributed by atoms with Crippen LogP contribution in [0.4, 0.5) is 0 Å². The summed E-state index contributed by atoms with van der Waals surface area (Å²) in [7, 11) is 0. The van der Waals surface area contributed by atoms with Crippen LogP contribution in [0.15, 0.2) is 73.1 Å². The van der Waals surface area contributed by atoms with Crippen molar-refractivity contribution in [1.29, 1.82) is 0 Å². The number of ketones is 1. The molecule has 4 aromatic rings. The standard InChI is InChI=1S/C25H22N2O2/c1-17(29)22-15-25(27-24-12-13-26-16-23(22)24)21-10-8-20(9-11-21)19-6-4-18(5-7-19)3-2-14-28/h4-13,15-16,28H,2-3,14H2,1H3. The minimum absolute atomic E-state index is 0.00422. The number of aliphatic hydroxyl groups excluding tert-OH is 1. The fourth-order valence-electron chi connectivity index (χ4n) is 3.49. The molecule has 0 aliphatic rings. The van der Waals surface area contributed by atoms with Crippen LogP contribution in [-0.4, -0.2) is 27.5 Å².